The zero-order chi connectivity index (χ0) is 20.2. The van der Waals surface area contributed by atoms with Crippen molar-refractivity contribution in [2.75, 3.05) is 52.2 Å². The molecule has 0 radical (unpaired) electrons. The van der Waals surface area contributed by atoms with E-state index in [0.717, 1.165) is 48.9 Å². The van der Waals surface area contributed by atoms with Crippen LogP contribution >= 0.6 is 0 Å². The molecule has 2 aliphatic heterocycles. The third-order valence-electron chi connectivity index (χ3n) is 6.22. The lowest BCUT2D eigenvalue weighted by Crippen LogP contribution is -2.61. The minimum atomic E-state index is 0.0435. The fraction of sp³-hybridized carbons (Fsp3) is 0.429. The van der Waals surface area contributed by atoms with Crippen LogP contribution in [-0.4, -0.2) is 83.0 Å². The van der Waals surface area contributed by atoms with Gasteiger partial charge in [-0.2, -0.15) is 0 Å². The standard InChI is InChI=1S/C21H25N7O/c1-26(2)20-22-8-7-16(25-20)15-9-27(3)10-21(15)11-28(12-21)19(29)14-5-4-6-17-18(14)24-13-23-17/h4-8,13,15H,9-12H2,1-3H3,(H,23,24). The monoisotopic (exact) mass is 391 g/mol. The number of nitrogens with zero attached hydrogens (tertiary/aromatic N) is 6. The van der Waals surface area contributed by atoms with Crippen molar-refractivity contribution in [1.82, 2.24) is 29.7 Å². The SMILES string of the molecule is CN1CC(c2ccnc(N(C)C)n2)C2(C1)CN(C(=O)c1cccc3[nH]cnc13)C2. The molecule has 2 aliphatic rings. The highest BCUT2D eigenvalue weighted by atomic mass is 16.2. The van der Waals surface area contributed by atoms with Crippen molar-refractivity contribution in [3.8, 4) is 0 Å². The molecule has 4 heterocycles. The summed E-state index contributed by atoms with van der Waals surface area (Å²) >= 11 is 0. The quantitative estimate of drug-likeness (QED) is 0.730. The number of hydrogen-bond acceptors (Lipinski definition) is 6. The number of carbonyl (C=O) groups is 1. The van der Waals surface area contributed by atoms with Crippen molar-refractivity contribution in [3.63, 3.8) is 0 Å². The molecule has 1 N–H and O–H groups in total. The fourth-order valence-electron chi connectivity index (χ4n) is 4.88. The Hall–Kier alpha value is -3.00. The van der Waals surface area contributed by atoms with E-state index in [4.69, 9.17) is 4.98 Å². The van der Waals surface area contributed by atoms with E-state index in [2.05, 4.69) is 26.9 Å². The van der Waals surface area contributed by atoms with Gasteiger partial charge in [-0.25, -0.2) is 15.0 Å². The highest BCUT2D eigenvalue weighted by Crippen LogP contribution is 2.48. The summed E-state index contributed by atoms with van der Waals surface area (Å²) in [5.74, 6) is 1.07. The number of carbonyl (C=O) groups excluding carboxylic acids is 1. The second kappa shape index (κ2) is 6.52. The van der Waals surface area contributed by atoms with E-state index >= 15 is 0 Å². The molecule has 1 amide bonds. The summed E-state index contributed by atoms with van der Waals surface area (Å²) in [5.41, 5.74) is 3.40. The number of anilines is 1. The second-order valence-corrected chi connectivity index (χ2v) is 8.55. The van der Waals surface area contributed by atoms with Crippen LogP contribution in [0.15, 0.2) is 36.8 Å². The van der Waals surface area contributed by atoms with Crippen LogP contribution in [0.1, 0.15) is 22.0 Å². The van der Waals surface area contributed by atoms with E-state index in [1.165, 1.54) is 0 Å². The van der Waals surface area contributed by atoms with Crippen molar-refractivity contribution in [2.24, 2.45) is 5.41 Å². The number of likely N-dealkylation sites (N-methyl/N-ethyl adjacent to an activating group) is 1. The Morgan fingerprint density at radius 1 is 1.21 bits per heavy atom. The van der Waals surface area contributed by atoms with Gasteiger partial charge in [-0.1, -0.05) is 6.07 Å². The summed E-state index contributed by atoms with van der Waals surface area (Å²) in [4.78, 5) is 36.0. The topological polar surface area (TPSA) is 81.3 Å². The van der Waals surface area contributed by atoms with Crippen molar-refractivity contribution < 1.29 is 4.79 Å². The molecule has 1 aromatic carbocycles. The Morgan fingerprint density at radius 2 is 2.03 bits per heavy atom. The summed E-state index contributed by atoms with van der Waals surface area (Å²) in [5, 5.41) is 0. The van der Waals surface area contributed by atoms with E-state index in [1.54, 1.807) is 6.33 Å². The van der Waals surface area contributed by atoms with Gasteiger partial charge in [-0.3, -0.25) is 4.79 Å². The molecule has 3 aromatic rings. The first-order valence-corrected chi connectivity index (χ1v) is 9.87. The van der Waals surface area contributed by atoms with Crippen molar-refractivity contribution >= 4 is 22.9 Å². The number of imidazole rings is 1. The number of likely N-dealkylation sites (tertiary alicyclic amines) is 2. The maximum Gasteiger partial charge on any atom is 0.256 e. The normalized spacial score (nSPS) is 20.9. The minimum absolute atomic E-state index is 0.0435. The number of para-hydroxylation sites is 1. The number of aromatic nitrogens is 4. The number of hydrogen-bond donors (Lipinski definition) is 1. The lowest BCUT2D eigenvalue weighted by Gasteiger charge is -2.51. The van der Waals surface area contributed by atoms with Gasteiger partial charge in [0.1, 0.15) is 5.52 Å². The third kappa shape index (κ3) is 2.86. The van der Waals surface area contributed by atoms with Gasteiger partial charge < -0.3 is 19.7 Å². The zero-order valence-electron chi connectivity index (χ0n) is 17.0. The highest BCUT2D eigenvalue weighted by Gasteiger charge is 2.55. The minimum Gasteiger partial charge on any atom is -0.347 e. The lowest BCUT2D eigenvalue weighted by molar-refractivity contribution is 0.00368. The van der Waals surface area contributed by atoms with Crippen molar-refractivity contribution in [1.29, 1.82) is 0 Å². The Balaban J connectivity index is 1.40. The Kier molecular flexibility index (Phi) is 4.06. The number of amides is 1. The van der Waals surface area contributed by atoms with Gasteiger partial charge in [0.25, 0.3) is 5.91 Å². The molecule has 2 fully saturated rings. The van der Waals surface area contributed by atoms with Crippen LogP contribution in [0.3, 0.4) is 0 Å². The fourth-order valence-corrected chi connectivity index (χ4v) is 4.88. The van der Waals surface area contributed by atoms with Crippen molar-refractivity contribution in [2.45, 2.75) is 5.92 Å². The summed E-state index contributed by atoms with van der Waals surface area (Å²) in [6.07, 6.45) is 3.47. The predicted octanol–water partition coefficient (Wildman–Crippen LogP) is 1.59. The van der Waals surface area contributed by atoms with Crippen LogP contribution in [0.5, 0.6) is 0 Å². The van der Waals surface area contributed by atoms with Crippen LogP contribution in [0.25, 0.3) is 11.0 Å². The molecule has 29 heavy (non-hydrogen) atoms. The highest BCUT2D eigenvalue weighted by molar-refractivity contribution is 6.05. The molecular weight excluding hydrogens is 366 g/mol. The lowest BCUT2D eigenvalue weighted by atomic mass is 9.70. The summed E-state index contributed by atoms with van der Waals surface area (Å²) < 4.78 is 0. The van der Waals surface area contributed by atoms with Gasteiger partial charge in [-0.15, -0.1) is 0 Å². The summed E-state index contributed by atoms with van der Waals surface area (Å²) in [7, 11) is 6.05. The van der Waals surface area contributed by atoms with Crippen LogP contribution in [0.2, 0.25) is 0 Å². The zero-order valence-corrected chi connectivity index (χ0v) is 17.0. The first kappa shape index (κ1) is 18.1. The Labute approximate surface area is 169 Å². The van der Waals surface area contributed by atoms with Crippen LogP contribution < -0.4 is 4.90 Å². The van der Waals surface area contributed by atoms with Crippen LogP contribution in [0, 0.1) is 5.41 Å². The Bertz CT molecular complexity index is 1070. The van der Waals surface area contributed by atoms with E-state index in [1.807, 2.05) is 54.4 Å². The molecule has 150 valence electrons. The van der Waals surface area contributed by atoms with Gasteiger partial charge in [0.05, 0.1) is 23.1 Å². The van der Waals surface area contributed by atoms with E-state index in [9.17, 15) is 4.79 Å². The molecule has 8 nitrogen and oxygen atoms in total. The maximum atomic E-state index is 13.2. The number of nitrogens with one attached hydrogen (secondary N) is 1. The molecule has 1 spiro atoms. The largest absolute Gasteiger partial charge is 0.347 e. The number of H-pyrrole nitrogens is 1. The first-order chi connectivity index (χ1) is 14.0. The number of aromatic amines is 1. The molecule has 0 saturated carbocycles. The smallest absolute Gasteiger partial charge is 0.256 e. The average Bonchev–Trinajstić information content (AvgIpc) is 3.30. The van der Waals surface area contributed by atoms with Crippen molar-refractivity contribution in [3.05, 3.63) is 48.0 Å². The molecule has 2 saturated heterocycles. The summed E-state index contributed by atoms with van der Waals surface area (Å²) in [6, 6.07) is 7.73. The number of fused-ring (bicyclic) bond motifs is 1. The van der Waals surface area contributed by atoms with Gasteiger partial charge in [0, 0.05) is 57.8 Å². The van der Waals surface area contributed by atoms with E-state index in [0.29, 0.717) is 11.5 Å². The van der Waals surface area contributed by atoms with Crippen LogP contribution in [-0.2, 0) is 0 Å². The predicted molar refractivity (Wildman–Crippen MR) is 111 cm³/mol. The van der Waals surface area contributed by atoms with E-state index < -0.39 is 0 Å². The molecule has 0 aliphatic carbocycles. The summed E-state index contributed by atoms with van der Waals surface area (Å²) in [6.45, 7) is 3.39. The van der Waals surface area contributed by atoms with Gasteiger partial charge in [-0.05, 0) is 25.2 Å². The third-order valence-corrected chi connectivity index (χ3v) is 6.22. The molecule has 5 rings (SSSR count). The number of benzene rings is 1. The maximum absolute atomic E-state index is 13.2. The average molecular weight is 391 g/mol. The van der Waals surface area contributed by atoms with Gasteiger partial charge in [0.2, 0.25) is 5.95 Å². The molecule has 1 unspecified atom stereocenters. The molecule has 1 atom stereocenters. The molecule has 8 heteroatoms. The second-order valence-electron chi connectivity index (χ2n) is 8.55. The molecule has 0 bridgehead atoms. The van der Waals surface area contributed by atoms with Gasteiger partial charge in [0.15, 0.2) is 0 Å². The van der Waals surface area contributed by atoms with E-state index in [-0.39, 0.29) is 11.3 Å². The first-order valence-electron chi connectivity index (χ1n) is 9.87. The molecule has 2 aromatic heterocycles. The molecular formula is C21H25N7O. The van der Waals surface area contributed by atoms with Crippen LogP contribution in [0.4, 0.5) is 5.95 Å². The number of rotatable bonds is 3. The Morgan fingerprint density at radius 3 is 2.83 bits per heavy atom. The van der Waals surface area contributed by atoms with Gasteiger partial charge >= 0.3 is 0 Å².